The van der Waals surface area contributed by atoms with E-state index in [1.54, 1.807) is 25.3 Å². The molecule has 0 spiro atoms. The van der Waals surface area contributed by atoms with E-state index in [2.05, 4.69) is 10.2 Å². The Labute approximate surface area is 145 Å². The smallest absolute Gasteiger partial charge is 0.254 e. The van der Waals surface area contributed by atoms with Crippen LogP contribution in [0, 0.1) is 0 Å². The monoisotopic (exact) mass is 360 g/mol. The normalized spacial score (nSPS) is 11.3. The highest BCUT2D eigenvalue weighted by molar-refractivity contribution is 7.90. The second-order valence-corrected chi connectivity index (χ2v) is 7.25. The molecule has 0 unspecified atom stereocenters. The molecule has 0 bridgehead atoms. The van der Waals surface area contributed by atoms with Crippen molar-refractivity contribution in [2.45, 2.75) is 11.5 Å². The summed E-state index contributed by atoms with van der Waals surface area (Å²) in [5.74, 6) is 1.77. The Morgan fingerprint density at radius 2 is 1.76 bits per heavy atom. The Morgan fingerprint density at radius 3 is 2.44 bits per heavy atom. The van der Waals surface area contributed by atoms with E-state index in [1.165, 1.54) is 12.1 Å². The van der Waals surface area contributed by atoms with Crippen LogP contribution in [0.25, 0.3) is 11.5 Å². The van der Waals surface area contributed by atoms with Crippen LogP contribution in [-0.2, 0) is 16.4 Å². The summed E-state index contributed by atoms with van der Waals surface area (Å²) in [7, 11) is -1.66. The Hall–Kier alpha value is -2.87. The molecule has 0 radical (unpaired) electrons. The van der Waals surface area contributed by atoms with Crippen molar-refractivity contribution in [3.8, 4) is 23.0 Å². The molecule has 1 heterocycles. The first kappa shape index (κ1) is 17.0. The lowest BCUT2D eigenvalue weighted by molar-refractivity contribution is 0.264. The minimum Gasteiger partial charge on any atom is -0.496 e. The van der Waals surface area contributed by atoms with Gasteiger partial charge in [-0.2, -0.15) is 0 Å². The number of methoxy groups -OCH3 is 1. The van der Waals surface area contributed by atoms with Crippen molar-refractivity contribution < 1.29 is 22.3 Å². The van der Waals surface area contributed by atoms with Crippen LogP contribution < -0.4 is 9.47 Å². The number of benzene rings is 2. The summed E-state index contributed by atoms with van der Waals surface area (Å²) in [4.78, 5) is 0.232. The molecule has 25 heavy (non-hydrogen) atoms. The maximum absolute atomic E-state index is 11.4. The Kier molecular flexibility index (Phi) is 4.71. The number of hydrogen-bond donors (Lipinski definition) is 0. The lowest BCUT2D eigenvalue weighted by atomic mass is 10.2. The quantitative estimate of drug-likeness (QED) is 0.667. The van der Waals surface area contributed by atoms with Gasteiger partial charge in [0, 0.05) is 6.26 Å². The van der Waals surface area contributed by atoms with Gasteiger partial charge in [0.25, 0.3) is 11.8 Å². The van der Waals surface area contributed by atoms with Crippen LogP contribution in [0.5, 0.6) is 11.5 Å². The van der Waals surface area contributed by atoms with Gasteiger partial charge in [-0.15, -0.1) is 10.2 Å². The lowest BCUT2D eigenvalue weighted by Gasteiger charge is -2.05. The van der Waals surface area contributed by atoms with Gasteiger partial charge in [0.05, 0.1) is 17.6 Å². The van der Waals surface area contributed by atoms with Gasteiger partial charge in [-0.25, -0.2) is 8.42 Å². The molecule has 0 saturated carbocycles. The van der Waals surface area contributed by atoms with Crippen molar-refractivity contribution in [1.82, 2.24) is 10.2 Å². The summed E-state index contributed by atoms with van der Waals surface area (Å²) in [6.45, 7) is 0.0698. The van der Waals surface area contributed by atoms with Crippen LogP contribution in [0.15, 0.2) is 57.8 Å². The third-order valence-corrected chi connectivity index (χ3v) is 4.55. The maximum Gasteiger partial charge on any atom is 0.254 e. The summed E-state index contributed by atoms with van der Waals surface area (Å²) in [6, 6.07) is 13.4. The van der Waals surface area contributed by atoms with E-state index in [4.69, 9.17) is 13.9 Å². The molecule has 0 saturated heterocycles. The molecule has 0 aliphatic rings. The van der Waals surface area contributed by atoms with Crippen molar-refractivity contribution in [3.05, 3.63) is 54.4 Å². The van der Waals surface area contributed by atoms with Gasteiger partial charge < -0.3 is 13.9 Å². The molecule has 0 N–H and O–H groups in total. The molecule has 1 aromatic heterocycles. The molecule has 0 atom stereocenters. The fourth-order valence-corrected chi connectivity index (χ4v) is 2.80. The molecule has 7 nitrogen and oxygen atoms in total. The largest absolute Gasteiger partial charge is 0.496 e. The predicted octanol–water partition coefficient (Wildman–Crippen LogP) is 2.73. The van der Waals surface area contributed by atoms with Gasteiger partial charge in [0.1, 0.15) is 11.5 Å². The average Bonchev–Trinajstić information content (AvgIpc) is 3.08. The van der Waals surface area contributed by atoms with Crippen molar-refractivity contribution in [2.75, 3.05) is 13.4 Å². The van der Waals surface area contributed by atoms with Gasteiger partial charge in [-0.05, 0) is 36.4 Å². The van der Waals surface area contributed by atoms with E-state index in [0.717, 1.165) is 6.26 Å². The molecular formula is C17H16N2O5S. The van der Waals surface area contributed by atoms with E-state index < -0.39 is 9.84 Å². The van der Waals surface area contributed by atoms with Gasteiger partial charge in [-0.3, -0.25) is 0 Å². The zero-order chi connectivity index (χ0) is 17.9. The van der Waals surface area contributed by atoms with E-state index in [0.29, 0.717) is 28.8 Å². The van der Waals surface area contributed by atoms with E-state index in [1.807, 2.05) is 18.2 Å². The van der Waals surface area contributed by atoms with Crippen molar-refractivity contribution in [3.63, 3.8) is 0 Å². The molecule has 0 aliphatic carbocycles. The van der Waals surface area contributed by atoms with E-state index >= 15 is 0 Å². The SMILES string of the molecule is COc1ccccc1-c1nnc(COc2ccc(S(C)(=O)=O)cc2)o1. The fraction of sp³-hybridized carbons (Fsp3) is 0.176. The van der Waals surface area contributed by atoms with E-state index in [-0.39, 0.29) is 11.5 Å². The summed E-state index contributed by atoms with van der Waals surface area (Å²) < 4.78 is 39.3. The zero-order valence-electron chi connectivity index (χ0n) is 13.7. The molecule has 0 fully saturated rings. The zero-order valence-corrected chi connectivity index (χ0v) is 14.5. The number of para-hydroxylation sites is 1. The molecule has 3 aromatic rings. The van der Waals surface area contributed by atoms with Crippen LogP contribution in [0.1, 0.15) is 5.89 Å². The van der Waals surface area contributed by atoms with Crippen LogP contribution in [0.4, 0.5) is 0 Å². The predicted molar refractivity (Wildman–Crippen MR) is 90.2 cm³/mol. The minimum absolute atomic E-state index is 0.0698. The average molecular weight is 360 g/mol. The van der Waals surface area contributed by atoms with Crippen molar-refractivity contribution in [1.29, 1.82) is 0 Å². The van der Waals surface area contributed by atoms with Crippen LogP contribution in [0.3, 0.4) is 0 Å². The molecule has 8 heteroatoms. The summed E-state index contributed by atoms with van der Waals surface area (Å²) in [5, 5.41) is 7.94. The highest BCUT2D eigenvalue weighted by Crippen LogP contribution is 2.28. The number of sulfone groups is 1. The first-order valence-corrected chi connectivity index (χ1v) is 9.25. The first-order chi connectivity index (χ1) is 12.0. The second-order valence-electron chi connectivity index (χ2n) is 5.23. The minimum atomic E-state index is -3.23. The fourth-order valence-electron chi connectivity index (χ4n) is 2.17. The highest BCUT2D eigenvalue weighted by Gasteiger charge is 2.13. The van der Waals surface area contributed by atoms with Gasteiger partial charge in [0.15, 0.2) is 16.4 Å². The third-order valence-electron chi connectivity index (χ3n) is 3.42. The summed E-state index contributed by atoms with van der Waals surface area (Å²) in [5.41, 5.74) is 0.696. The van der Waals surface area contributed by atoms with Crippen molar-refractivity contribution in [2.24, 2.45) is 0 Å². The number of hydrogen-bond acceptors (Lipinski definition) is 7. The van der Waals surface area contributed by atoms with Gasteiger partial charge in [0.2, 0.25) is 0 Å². The van der Waals surface area contributed by atoms with Gasteiger partial charge >= 0.3 is 0 Å². The molecule has 0 amide bonds. The third kappa shape index (κ3) is 3.97. The standard InChI is InChI=1S/C17H16N2O5S/c1-22-15-6-4-3-5-14(15)17-19-18-16(24-17)11-23-12-7-9-13(10-8-12)25(2,20)21/h3-10H,11H2,1-2H3. The van der Waals surface area contributed by atoms with Gasteiger partial charge in [-0.1, -0.05) is 12.1 Å². The van der Waals surface area contributed by atoms with Crippen LogP contribution in [-0.4, -0.2) is 32.0 Å². The number of nitrogens with zero attached hydrogens (tertiary/aromatic N) is 2. The first-order valence-electron chi connectivity index (χ1n) is 7.36. The molecule has 0 aliphatic heterocycles. The number of aromatic nitrogens is 2. The molecular weight excluding hydrogens is 344 g/mol. The summed E-state index contributed by atoms with van der Waals surface area (Å²) in [6.07, 6.45) is 1.15. The number of ether oxygens (including phenoxy) is 2. The summed E-state index contributed by atoms with van der Waals surface area (Å²) >= 11 is 0. The maximum atomic E-state index is 11.4. The Balaban J connectivity index is 1.70. The molecule has 2 aromatic carbocycles. The second kappa shape index (κ2) is 6.94. The number of rotatable bonds is 6. The molecule has 130 valence electrons. The highest BCUT2D eigenvalue weighted by atomic mass is 32.2. The lowest BCUT2D eigenvalue weighted by Crippen LogP contribution is -1.98. The Bertz CT molecular complexity index is 965. The van der Waals surface area contributed by atoms with E-state index in [9.17, 15) is 8.42 Å². The van der Waals surface area contributed by atoms with Crippen LogP contribution >= 0.6 is 0 Å². The van der Waals surface area contributed by atoms with Crippen LogP contribution in [0.2, 0.25) is 0 Å². The molecule has 3 rings (SSSR count). The Morgan fingerprint density at radius 1 is 1.04 bits per heavy atom. The van der Waals surface area contributed by atoms with Crippen molar-refractivity contribution >= 4 is 9.84 Å². The topological polar surface area (TPSA) is 91.5 Å².